The number of carbonyl (C=O) groups is 1. The molecule has 0 aliphatic carbocycles. The van der Waals surface area contributed by atoms with Gasteiger partial charge in [-0.1, -0.05) is 24.3 Å². The zero-order chi connectivity index (χ0) is 18.7. The third kappa shape index (κ3) is 4.65. The zero-order valence-electron chi connectivity index (χ0n) is 14.3. The standard InChI is InChI=1S/C19H20FNO3S2/c1-13(14-6-8-15(20)9-7-14)21-19(22)17-4-2-3-5-18(17)25-16-10-11-26(23,24)12-16/h2-9,13,16H,10-12H2,1H3,(H,21,22). The first-order chi connectivity index (χ1) is 12.3. The number of carbonyl (C=O) groups excluding carboxylic acids is 1. The first-order valence-corrected chi connectivity index (χ1v) is 11.1. The molecule has 1 saturated heterocycles. The molecule has 0 aromatic heterocycles. The highest BCUT2D eigenvalue weighted by molar-refractivity contribution is 8.02. The Morgan fingerprint density at radius 2 is 1.88 bits per heavy atom. The number of benzene rings is 2. The summed E-state index contributed by atoms with van der Waals surface area (Å²) in [6.07, 6.45) is 0.606. The molecule has 0 radical (unpaired) electrons. The van der Waals surface area contributed by atoms with Crippen LogP contribution in [0.1, 0.15) is 35.3 Å². The number of thioether (sulfide) groups is 1. The average Bonchev–Trinajstić information content (AvgIpc) is 2.94. The van der Waals surface area contributed by atoms with Crippen LogP contribution in [-0.4, -0.2) is 31.1 Å². The molecule has 138 valence electrons. The fraction of sp³-hybridized carbons (Fsp3) is 0.316. The van der Waals surface area contributed by atoms with Crippen molar-refractivity contribution < 1.29 is 17.6 Å². The number of halogens is 1. The molecule has 1 heterocycles. The highest BCUT2D eigenvalue weighted by Crippen LogP contribution is 2.33. The van der Waals surface area contributed by atoms with Crippen LogP contribution >= 0.6 is 11.8 Å². The van der Waals surface area contributed by atoms with Crippen molar-refractivity contribution in [3.8, 4) is 0 Å². The molecule has 4 nitrogen and oxygen atoms in total. The largest absolute Gasteiger partial charge is 0.345 e. The third-order valence-corrected chi connectivity index (χ3v) is 7.66. The lowest BCUT2D eigenvalue weighted by Gasteiger charge is -2.17. The normalized spacial score (nSPS) is 19.8. The molecule has 0 spiro atoms. The van der Waals surface area contributed by atoms with Gasteiger partial charge >= 0.3 is 0 Å². The van der Waals surface area contributed by atoms with Crippen molar-refractivity contribution in [2.24, 2.45) is 0 Å². The number of amides is 1. The van der Waals surface area contributed by atoms with Crippen molar-refractivity contribution in [3.63, 3.8) is 0 Å². The fourth-order valence-corrected chi connectivity index (χ4v) is 6.53. The number of rotatable bonds is 5. The Morgan fingerprint density at radius 3 is 2.54 bits per heavy atom. The number of sulfone groups is 1. The monoisotopic (exact) mass is 393 g/mol. The van der Waals surface area contributed by atoms with Gasteiger partial charge in [0.1, 0.15) is 5.82 Å². The Bertz CT molecular complexity index is 897. The van der Waals surface area contributed by atoms with Crippen LogP contribution in [0.2, 0.25) is 0 Å². The van der Waals surface area contributed by atoms with Crippen molar-refractivity contribution in [1.82, 2.24) is 5.32 Å². The molecular formula is C19H20FNO3S2. The van der Waals surface area contributed by atoms with Crippen molar-refractivity contribution in [2.45, 2.75) is 29.5 Å². The molecule has 2 aromatic rings. The van der Waals surface area contributed by atoms with E-state index in [0.717, 1.165) is 10.5 Å². The smallest absolute Gasteiger partial charge is 0.252 e. The lowest BCUT2D eigenvalue weighted by molar-refractivity contribution is 0.0937. The molecule has 0 saturated carbocycles. The molecule has 2 unspecified atom stereocenters. The predicted molar refractivity (Wildman–Crippen MR) is 102 cm³/mol. The van der Waals surface area contributed by atoms with E-state index in [4.69, 9.17) is 0 Å². The Hall–Kier alpha value is -1.86. The van der Waals surface area contributed by atoms with Gasteiger partial charge in [0.2, 0.25) is 0 Å². The van der Waals surface area contributed by atoms with Gasteiger partial charge in [-0.3, -0.25) is 4.79 Å². The molecule has 1 amide bonds. The van der Waals surface area contributed by atoms with Gasteiger partial charge in [0.15, 0.2) is 9.84 Å². The van der Waals surface area contributed by atoms with E-state index in [1.807, 2.05) is 19.1 Å². The topological polar surface area (TPSA) is 63.2 Å². The quantitative estimate of drug-likeness (QED) is 0.843. The molecule has 2 atom stereocenters. The van der Waals surface area contributed by atoms with E-state index in [1.54, 1.807) is 24.3 Å². The van der Waals surface area contributed by atoms with E-state index in [1.165, 1.54) is 23.9 Å². The van der Waals surface area contributed by atoms with Gasteiger partial charge < -0.3 is 5.32 Å². The fourth-order valence-electron chi connectivity index (χ4n) is 2.90. The molecule has 7 heteroatoms. The van der Waals surface area contributed by atoms with Gasteiger partial charge in [0.25, 0.3) is 5.91 Å². The Kier molecular flexibility index (Phi) is 5.67. The number of hydrogen-bond donors (Lipinski definition) is 1. The first-order valence-electron chi connectivity index (χ1n) is 8.36. The SMILES string of the molecule is CC(NC(=O)c1ccccc1SC1CCS(=O)(=O)C1)c1ccc(F)cc1. The predicted octanol–water partition coefficient (Wildman–Crippen LogP) is 3.60. The second-order valence-corrected chi connectivity index (χ2v) is 9.96. The molecule has 2 aromatic carbocycles. The maximum absolute atomic E-state index is 13.0. The van der Waals surface area contributed by atoms with E-state index in [2.05, 4.69) is 5.32 Å². The Balaban J connectivity index is 1.72. The van der Waals surface area contributed by atoms with Crippen LogP contribution in [-0.2, 0) is 9.84 Å². The summed E-state index contributed by atoms with van der Waals surface area (Å²) < 4.78 is 36.4. The highest BCUT2D eigenvalue weighted by Gasteiger charge is 2.29. The zero-order valence-corrected chi connectivity index (χ0v) is 15.9. The molecule has 3 rings (SSSR count). The molecule has 1 N–H and O–H groups in total. The summed E-state index contributed by atoms with van der Waals surface area (Å²) in [6, 6.07) is 12.9. The van der Waals surface area contributed by atoms with Gasteiger partial charge in [0, 0.05) is 10.1 Å². The lowest BCUT2D eigenvalue weighted by atomic mass is 10.1. The first kappa shape index (κ1) is 18.9. The van der Waals surface area contributed by atoms with Crippen LogP contribution in [0.3, 0.4) is 0 Å². The molecular weight excluding hydrogens is 373 g/mol. The van der Waals surface area contributed by atoms with Gasteiger partial charge in [-0.15, -0.1) is 11.8 Å². The second-order valence-electron chi connectivity index (χ2n) is 6.39. The average molecular weight is 394 g/mol. The van der Waals surface area contributed by atoms with Crippen molar-refractivity contribution in [3.05, 3.63) is 65.5 Å². The minimum Gasteiger partial charge on any atom is -0.345 e. The molecule has 1 aliphatic heterocycles. The summed E-state index contributed by atoms with van der Waals surface area (Å²) >= 11 is 1.44. The van der Waals surface area contributed by atoms with E-state index in [9.17, 15) is 17.6 Å². The van der Waals surface area contributed by atoms with Crippen LogP contribution in [0, 0.1) is 5.82 Å². The maximum atomic E-state index is 13.0. The number of nitrogens with one attached hydrogen (secondary N) is 1. The summed E-state index contributed by atoms with van der Waals surface area (Å²) in [4.78, 5) is 13.5. The summed E-state index contributed by atoms with van der Waals surface area (Å²) in [7, 11) is -2.96. The van der Waals surface area contributed by atoms with E-state index in [0.29, 0.717) is 12.0 Å². The lowest BCUT2D eigenvalue weighted by Crippen LogP contribution is -2.27. The highest BCUT2D eigenvalue weighted by atomic mass is 32.2. The van der Waals surface area contributed by atoms with Crippen molar-refractivity contribution in [1.29, 1.82) is 0 Å². The van der Waals surface area contributed by atoms with Crippen LogP contribution in [0.15, 0.2) is 53.4 Å². The summed E-state index contributed by atoms with van der Waals surface area (Å²) in [5.74, 6) is -0.188. The van der Waals surface area contributed by atoms with Gasteiger partial charge in [-0.25, -0.2) is 12.8 Å². The van der Waals surface area contributed by atoms with Gasteiger partial charge in [-0.05, 0) is 43.2 Å². The summed E-state index contributed by atoms with van der Waals surface area (Å²) in [5.41, 5.74) is 1.34. The Labute approximate surface area is 157 Å². The maximum Gasteiger partial charge on any atom is 0.252 e. The summed E-state index contributed by atoms with van der Waals surface area (Å²) in [6.45, 7) is 1.84. The van der Waals surface area contributed by atoms with Crippen LogP contribution in [0.5, 0.6) is 0 Å². The van der Waals surface area contributed by atoms with Gasteiger partial charge in [-0.2, -0.15) is 0 Å². The van der Waals surface area contributed by atoms with Crippen LogP contribution < -0.4 is 5.32 Å². The van der Waals surface area contributed by atoms with E-state index < -0.39 is 9.84 Å². The molecule has 1 fully saturated rings. The van der Waals surface area contributed by atoms with Gasteiger partial charge in [0.05, 0.1) is 23.1 Å². The third-order valence-electron chi connectivity index (χ3n) is 4.33. The summed E-state index contributed by atoms with van der Waals surface area (Å²) in [5, 5.41) is 2.90. The molecule has 0 bridgehead atoms. The minimum absolute atomic E-state index is 0.0246. The van der Waals surface area contributed by atoms with Crippen molar-refractivity contribution >= 4 is 27.5 Å². The second kappa shape index (κ2) is 7.80. The van der Waals surface area contributed by atoms with E-state index >= 15 is 0 Å². The van der Waals surface area contributed by atoms with Crippen LogP contribution in [0.25, 0.3) is 0 Å². The number of hydrogen-bond acceptors (Lipinski definition) is 4. The van der Waals surface area contributed by atoms with E-state index in [-0.39, 0.29) is 34.5 Å². The molecule has 1 aliphatic rings. The van der Waals surface area contributed by atoms with Crippen LogP contribution in [0.4, 0.5) is 4.39 Å². The van der Waals surface area contributed by atoms with Crippen molar-refractivity contribution in [2.75, 3.05) is 11.5 Å². The molecule has 26 heavy (non-hydrogen) atoms. The minimum atomic E-state index is -2.96. The Morgan fingerprint density at radius 1 is 1.19 bits per heavy atom.